The van der Waals surface area contributed by atoms with Gasteiger partial charge in [-0.2, -0.15) is 9.57 Å². The summed E-state index contributed by atoms with van der Waals surface area (Å²) < 4.78 is 67.1. The van der Waals surface area contributed by atoms with Gasteiger partial charge in [-0.05, 0) is 24.3 Å². The first-order valence-electron chi connectivity index (χ1n) is 8.84. The smallest absolute Gasteiger partial charge is 0.244 e. The number of rotatable bonds is 5. The van der Waals surface area contributed by atoms with Crippen LogP contribution in [0.3, 0.4) is 0 Å². The van der Waals surface area contributed by atoms with Crippen LogP contribution in [0.1, 0.15) is 5.56 Å². The molecule has 1 aliphatic rings. The number of benzene rings is 2. The van der Waals surface area contributed by atoms with Crippen LogP contribution in [0.15, 0.2) is 46.2 Å². The largest absolute Gasteiger partial charge is 0.393 e. The lowest BCUT2D eigenvalue weighted by Gasteiger charge is -2.26. The Labute approximate surface area is 188 Å². The maximum absolute atomic E-state index is 14.0. The van der Waals surface area contributed by atoms with Crippen molar-refractivity contribution in [1.29, 1.82) is 5.26 Å². The van der Waals surface area contributed by atoms with Gasteiger partial charge < -0.3 is 10.2 Å². The maximum atomic E-state index is 14.0. The summed E-state index contributed by atoms with van der Waals surface area (Å²) in [6.07, 6.45) is 0. The van der Waals surface area contributed by atoms with Crippen LogP contribution in [0, 0.1) is 23.7 Å². The molecule has 0 bridgehead atoms. The number of aliphatic hydroxyl groups is 2. The molecule has 0 amide bonds. The first kappa shape index (κ1) is 24.1. The van der Waals surface area contributed by atoms with Gasteiger partial charge in [0.25, 0.3) is 0 Å². The lowest BCUT2D eigenvalue weighted by Crippen LogP contribution is -2.49. The Morgan fingerprint density at radius 2 is 1.97 bits per heavy atom. The Morgan fingerprint density at radius 3 is 2.50 bits per heavy atom. The molecule has 2 atom stereocenters. The van der Waals surface area contributed by atoms with E-state index in [0.29, 0.717) is 10.4 Å². The minimum Gasteiger partial charge on any atom is -0.393 e. The number of sulfonamides is 1. The molecule has 3 rings (SSSR count). The molecule has 9 nitrogen and oxygen atoms in total. The molecule has 2 N–H and O–H groups in total. The van der Waals surface area contributed by atoms with Crippen molar-refractivity contribution in [2.45, 2.75) is 20.6 Å². The van der Waals surface area contributed by atoms with E-state index >= 15 is 0 Å². The van der Waals surface area contributed by atoms with E-state index in [2.05, 4.69) is 4.85 Å². The fourth-order valence-electron chi connectivity index (χ4n) is 3.39. The second kappa shape index (κ2) is 8.41. The Hall–Kier alpha value is -2.58. The summed E-state index contributed by atoms with van der Waals surface area (Å²) in [6, 6.07) is 7.74. The molecule has 1 heterocycles. The number of aliphatic hydroxyl groups excluding tert-OH is 1. The van der Waals surface area contributed by atoms with Crippen molar-refractivity contribution in [3.8, 4) is 6.07 Å². The van der Waals surface area contributed by atoms with Crippen molar-refractivity contribution in [3.05, 3.63) is 64.2 Å². The van der Waals surface area contributed by atoms with Crippen molar-refractivity contribution >= 4 is 37.1 Å². The van der Waals surface area contributed by atoms with E-state index in [-0.39, 0.29) is 10.6 Å². The van der Waals surface area contributed by atoms with Crippen molar-refractivity contribution in [2.24, 2.45) is 0 Å². The second-order valence-electron chi connectivity index (χ2n) is 7.07. The van der Waals surface area contributed by atoms with Crippen LogP contribution in [0.25, 0.3) is 4.85 Å². The predicted octanol–water partition coefficient (Wildman–Crippen LogP) is 1.47. The molecule has 168 valence electrons. The minimum atomic E-state index is -4.54. The quantitative estimate of drug-likeness (QED) is 0.593. The average molecular weight is 500 g/mol. The highest BCUT2D eigenvalue weighted by atomic mass is 35.5. The molecule has 32 heavy (non-hydrogen) atoms. The van der Waals surface area contributed by atoms with Crippen molar-refractivity contribution in [2.75, 3.05) is 19.7 Å². The third-order valence-corrected chi connectivity index (χ3v) is 9.66. The molecule has 0 unspecified atom stereocenters. The Bertz CT molecular complexity index is 1380. The van der Waals surface area contributed by atoms with Gasteiger partial charge in [0, 0.05) is 13.1 Å². The van der Waals surface area contributed by atoms with Crippen LogP contribution >= 0.6 is 11.6 Å². The van der Waals surface area contributed by atoms with E-state index in [1.54, 1.807) is 6.07 Å². The number of sulfone groups is 1. The highest BCUT2D eigenvalue weighted by Gasteiger charge is 2.55. The van der Waals surface area contributed by atoms with Gasteiger partial charge in [0.15, 0.2) is 9.84 Å². The van der Waals surface area contributed by atoms with Crippen LogP contribution in [-0.4, -0.2) is 61.9 Å². The number of nitriles is 1. The van der Waals surface area contributed by atoms with Crippen molar-refractivity contribution < 1.29 is 31.4 Å². The van der Waals surface area contributed by atoms with E-state index in [0.717, 1.165) is 24.3 Å². The molecular weight excluding hydrogens is 485 g/mol. The molecule has 1 aliphatic heterocycles. The predicted molar refractivity (Wildman–Crippen MR) is 111 cm³/mol. The lowest BCUT2D eigenvalue weighted by molar-refractivity contribution is 0.00159. The summed E-state index contributed by atoms with van der Waals surface area (Å²) in [5.74, 6) is -1.10. The maximum Gasteiger partial charge on any atom is 0.244 e. The van der Waals surface area contributed by atoms with Crippen LogP contribution in [0.2, 0.25) is 5.02 Å². The van der Waals surface area contributed by atoms with E-state index in [1.165, 1.54) is 6.07 Å². The van der Waals surface area contributed by atoms with Gasteiger partial charge in [-0.3, -0.25) is 0 Å². The lowest BCUT2D eigenvalue weighted by atomic mass is 10.1. The highest BCUT2D eigenvalue weighted by molar-refractivity contribution is 7.92. The zero-order chi connectivity index (χ0) is 23.9. The van der Waals surface area contributed by atoms with Gasteiger partial charge in [-0.15, -0.1) is 0 Å². The van der Waals surface area contributed by atoms with E-state index in [9.17, 15) is 31.4 Å². The molecule has 13 heteroatoms. The van der Waals surface area contributed by atoms with Gasteiger partial charge in [-0.25, -0.2) is 26.1 Å². The van der Waals surface area contributed by atoms with E-state index in [4.69, 9.17) is 23.4 Å². The molecule has 1 fully saturated rings. The van der Waals surface area contributed by atoms with Gasteiger partial charge in [0.1, 0.15) is 21.6 Å². The van der Waals surface area contributed by atoms with Crippen LogP contribution in [0.4, 0.5) is 10.1 Å². The zero-order valence-corrected chi connectivity index (χ0v) is 18.5. The zero-order valence-electron chi connectivity index (χ0n) is 16.1. The Morgan fingerprint density at radius 1 is 1.28 bits per heavy atom. The number of hydrogen-bond donors (Lipinski definition) is 2. The molecule has 0 spiro atoms. The molecule has 0 aliphatic carbocycles. The highest BCUT2D eigenvalue weighted by Crippen LogP contribution is 2.36. The van der Waals surface area contributed by atoms with Gasteiger partial charge >= 0.3 is 0 Å². The summed E-state index contributed by atoms with van der Waals surface area (Å²) in [5.41, 5.74) is -2.69. The van der Waals surface area contributed by atoms with Crippen molar-refractivity contribution in [1.82, 2.24) is 4.31 Å². The standard InChI is InChI=1S/C19H15ClFN3O6S2/c1-23-16-4-3-13(7-15(16)21)31(27,28)18-9-24(10-19(18,26)11-25)32(29,30)17-5-2-12(8-22)6-14(17)20/h2-7,18,25-26H,9-11H2/t18-,19-/m0/s1. The van der Waals surface area contributed by atoms with Crippen LogP contribution in [-0.2, 0) is 19.9 Å². The fraction of sp³-hybridized carbons (Fsp3) is 0.263. The van der Waals surface area contributed by atoms with Gasteiger partial charge in [-0.1, -0.05) is 23.7 Å². The monoisotopic (exact) mass is 499 g/mol. The van der Waals surface area contributed by atoms with E-state index in [1.807, 2.05) is 0 Å². The summed E-state index contributed by atoms with van der Waals surface area (Å²) in [6.45, 7) is 4.25. The van der Waals surface area contributed by atoms with Crippen LogP contribution < -0.4 is 0 Å². The topological polar surface area (TPSA) is 140 Å². The fourth-order valence-corrected chi connectivity index (χ4v) is 7.47. The molecule has 2 aromatic carbocycles. The van der Waals surface area contributed by atoms with Gasteiger partial charge in [0.05, 0.1) is 34.7 Å². The number of hydrogen-bond acceptors (Lipinski definition) is 7. The molecule has 2 aromatic rings. The molecule has 0 radical (unpaired) electrons. The third-order valence-electron chi connectivity index (χ3n) is 5.11. The summed E-state index contributed by atoms with van der Waals surface area (Å²) >= 11 is 5.99. The Kier molecular flexibility index (Phi) is 6.32. The summed E-state index contributed by atoms with van der Waals surface area (Å²) in [5, 5.41) is 27.3. The third kappa shape index (κ3) is 3.97. The minimum absolute atomic E-state index is 0.104. The Balaban J connectivity index is 2.04. The molecule has 1 saturated heterocycles. The number of halogens is 2. The number of β-amino-alcohol motifs (C(OH)–C–C–N with tert-alkyl or cyclic N) is 1. The van der Waals surface area contributed by atoms with Gasteiger partial charge in [0.2, 0.25) is 15.7 Å². The second-order valence-corrected chi connectivity index (χ2v) is 11.5. The summed E-state index contributed by atoms with van der Waals surface area (Å²) in [4.78, 5) is 1.92. The molecular formula is C19H15ClFN3O6S2. The SMILES string of the molecule is [C-]#[N+]c1ccc(S(=O)(=O)[C@H]2CN(S(=O)(=O)c3ccc(C#N)cc3Cl)C[C@]2(O)CO)cc1F. The summed E-state index contributed by atoms with van der Waals surface area (Å²) in [7, 11) is -8.96. The van der Waals surface area contributed by atoms with Crippen LogP contribution in [0.5, 0.6) is 0 Å². The average Bonchev–Trinajstić information content (AvgIpc) is 3.13. The van der Waals surface area contributed by atoms with E-state index < -0.39 is 71.7 Å². The molecule has 0 saturated carbocycles. The number of nitrogens with zero attached hydrogens (tertiary/aromatic N) is 3. The first-order valence-corrected chi connectivity index (χ1v) is 12.2. The normalized spacial score (nSPS) is 21.8. The van der Waals surface area contributed by atoms with Crippen molar-refractivity contribution in [3.63, 3.8) is 0 Å². The first-order chi connectivity index (χ1) is 14.9. The molecule has 0 aromatic heterocycles.